The molecule has 2 heterocycles. The van der Waals surface area contributed by atoms with Gasteiger partial charge in [0.05, 0.1) is 5.75 Å². The zero-order valence-corrected chi connectivity index (χ0v) is 17.3. The van der Waals surface area contributed by atoms with E-state index in [0.29, 0.717) is 6.54 Å². The van der Waals surface area contributed by atoms with Crippen LogP contribution in [0.15, 0.2) is 48.8 Å². The first kappa shape index (κ1) is 20.4. The fourth-order valence-corrected chi connectivity index (χ4v) is 3.36. The third-order valence-corrected chi connectivity index (χ3v) is 5.28. The predicted octanol–water partition coefficient (Wildman–Crippen LogP) is 1.85. The van der Waals surface area contributed by atoms with Gasteiger partial charge >= 0.3 is 0 Å². The zero-order chi connectivity index (χ0) is 19.8. The summed E-state index contributed by atoms with van der Waals surface area (Å²) in [5.74, 6) is 0.251. The third-order valence-electron chi connectivity index (χ3n) is 5.00. The summed E-state index contributed by atoms with van der Waals surface area (Å²) in [6.45, 7) is 5.65. The summed E-state index contributed by atoms with van der Waals surface area (Å²) < 4.78 is 2.03. The molecule has 1 N–H and O–H groups in total. The van der Waals surface area contributed by atoms with Crippen LogP contribution < -0.4 is 14.8 Å². The molecule has 0 aliphatic carbocycles. The first-order chi connectivity index (χ1) is 13.6. The largest absolute Gasteiger partial charge is 0.369 e. The maximum Gasteiger partial charge on any atom is 0.229 e. The van der Waals surface area contributed by atoms with Crippen LogP contribution in [0.4, 0.5) is 5.69 Å². The van der Waals surface area contributed by atoms with Crippen molar-refractivity contribution < 1.29 is 9.36 Å². The van der Waals surface area contributed by atoms with Crippen LogP contribution in [0, 0.1) is 0 Å². The molecule has 2 aromatic rings. The monoisotopic (exact) mass is 397 g/mol. The Morgan fingerprint density at radius 1 is 1.04 bits per heavy atom. The number of aryl methyl sites for hydroxylation is 1. The van der Waals surface area contributed by atoms with Gasteiger partial charge in [-0.3, -0.25) is 9.69 Å². The van der Waals surface area contributed by atoms with Crippen molar-refractivity contribution in [2.45, 2.75) is 0 Å². The average Bonchev–Trinajstić information content (AvgIpc) is 2.74. The van der Waals surface area contributed by atoms with Crippen LogP contribution in [0.3, 0.4) is 0 Å². The number of rotatable bonds is 7. The SMILES string of the molecule is C[n+]1ccc(/C=C/c2ccc(N3CCN(CCNC(=O)CS)CC3)cc2)cc1. The minimum atomic E-state index is -0.00243. The molecule has 6 heteroatoms. The lowest BCUT2D eigenvalue weighted by atomic mass is 10.1. The summed E-state index contributed by atoms with van der Waals surface area (Å²) in [6.07, 6.45) is 8.39. The van der Waals surface area contributed by atoms with Gasteiger partial charge in [0.2, 0.25) is 5.91 Å². The maximum atomic E-state index is 11.2. The van der Waals surface area contributed by atoms with E-state index in [2.05, 4.69) is 88.7 Å². The molecule has 1 amide bonds. The number of nitrogens with zero attached hydrogens (tertiary/aromatic N) is 3. The summed E-state index contributed by atoms with van der Waals surface area (Å²) >= 11 is 3.97. The molecule has 1 fully saturated rings. The fraction of sp³-hybridized carbons (Fsp3) is 0.364. The predicted molar refractivity (Wildman–Crippen MR) is 119 cm³/mol. The van der Waals surface area contributed by atoms with E-state index in [9.17, 15) is 4.79 Å². The number of amides is 1. The van der Waals surface area contributed by atoms with Gasteiger partial charge in [-0.15, -0.1) is 0 Å². The quantitative estimate of drug-likeness (QED) is 0.553. The Kier molecular flexibility index (Phi) is 7.51. The molecule has 1 aromatic heterocycles. The van der Waals surface area contributed by atoms with Crippen LogP contribution in [-0.4, -0.2) is 55.8 Å². The summed E-state index contributed by atoms with van der Waals surface area (Å²) in [5.41, 5.74) is 3.67. The van der Waals surface area contributed by atoms with Crippen molar-refractivity contribution in [3.8, 4) is 0 Å². The van der Waals surface area contributed by atoms with E-state index in [1.807, 2.05) is 11.6 Å². The number of anilines is 1. The van der Waals surface area contributed by atoms with Crippen molar-refractivity contribution >= 4 is 36.4 Å². The molecule has 0 spiro atoms. The Bertz CT molecular complexity index is 781. The number of nitrogens with one attached hydrogen (secondary N) is 1. The number of benzene rings is 1. The van der Waals surface area contributed by atoms with Crippen LogP contribution >= 0.6 is 12.6 Å². The van der Waals surface area contributed by atoms with Gasteiger partial charge in [0.15, 0.2) is 12.4 Å². The van der Waals surface area contributed by atoms with E-state index in [1.54, 1.807) is 0 Å². The van der Waals surface area contributed by atoms with Crippen LogP contribution in [0.25, 0.3) is 12.2 Å². The van der Waals surface area contributed by atoms with Crippen molar-refractivity contribution in [1.29, 1.82) is 0 Å². The molecule has 1 aliphatic heterocycles. The summed E-state index contributed by atoms with van der Waals surface area (Å²) in [4.78, 5) is 16.1. The molecule has 0 unspecified atom stereocenters. The van der Waals surface area contributed by atoms with Crippen molar-refractivity contribution in [3.63, 3.8) is 0 Å². The standard InChI is InChI=1S/C22H28N4OS/c1-24-11-8-20(9-12-24)3-2-19-4-6-21(7-5-19)26-16-14-25(15-17-26)13-10-23-22(27)18-28/h2-9,11-12H,10,13-18H2,1H3,(H-,23,27,28)/p+1. The molecule has 148 valence electrons. The van der Waals surface area contributed by atoms with E-state index in [0.717, 1.165) is 32.7 Å². The summed E-state index contributed by atoms with van der Waals surface area (Å²) in [5, 5.41) is 2.88. The van der Waals surface area contributed by atoms with Crippen molar-refractivity contribution in [1.82, 2.24) is 10.2 Å². The second kappa shape index (κ2) is 10.3. The molecule has 1 aromatic carbocycles. The molecule has 5 nitrogen and oxygen atoms in total. The van der Waals surface area contributed by atoms with E-state index >= 15 is 0 Å². The van der Waals surface area contributed by atoms with Gasteiger partial charge in [0.25, 0.3) is 0 Å². The molecule has 0 saturated carbocycles. The Morgan fingerprint density at radius 2 is 1.64 bits per heavy atom. The van der Waals surface area contributed by atoms with Gasteiger partial charge in [-0.25, -0.2) is 4.57 Å². The van der Waals surface area contributed by atoms with Crippen LogP contribution in [0.2, 0.25) is 0 Å². The minimum absolute atomic E-state index is 0.00243. The van der Waals surface area contributed by atoms with Gasteiger partial charge in [0.1, 0.15) is 7.05 Å². The van der Waals surface area contributed by atoms with Gasteiger partial charge in [-0.1, -0.05) is 24.3 Å². The van der Waals surface area contributed by atoms with E-state index < -0.39 is 0 Å². The lowest BCUT2D eigenvalue weighted by Crippen LogP contribution is -2.48. The molecule has 0 bridgehead atoms. The topological polar surface area (TPSA) is 39.5 Å². The first-order valence-electron chi connectivity index (χ1n) is 9.72. The Hall–Kier alpha value is -2.31. The maximum absolute atomic E-state index is 11.2. The Morgan fingerprint density at radius 3 is 2.25 bits per heavy atom. The highest BCUT2D eigenvalue weighted by Gasteiger charge is 2.16. The average molecular weight is 398 g/mol. The van der Waals surface area contributed by atoms with Gasteiger partial charge in [-0.2, -0.15) is 12.6 Å². The number of thiol groups is 1. The number of piperazine rings is 1. The highest BCUT2D eigenvalue weighted by Crippen LogP contribution is 2.18. The number of hydrogen-bond acceptors (Lipinski definition) is 4. The fourth-order valence-electron chi connectivity index (χ4n) is 3.25. The lowest BCUT2D eigenvalue weighted by Gasteiger charge is -2.36. The Balaban J connectivity index is 1.46. The lowest BCUT2D eigenvalue weighted by molar-refractivity contribution is -0.671. The van der Waals surface area contributed by atoms with Gasteiger partial charge in [-0.05, 0) is 23.3 Å². The van der Waals surface area contributed by atoms with Crippen molar-refractivity contribution in [2.24, 2.45) is 7.05 Å². The highest BCUT2D eigenvalue weighted by atomic mass is 32.1. The van der Waals surface area contributed by atoms with Crippen molar-refractivity contribution in [3.05, 3.63) is 59.9 Å². The Labute approximate surface area is 173 Å². The number of carbonyl (C=O) groups is 1. The van der Waals surface area contributed by atoms with Crippen LogP contribution in [0.1, 0.15) is 11.1 Å². The van der Waals surface area contributed by atoms with Gasteiger partial charge in [0, 0.05) is 57.1 Å². The number of carbonyl (C=O) groups excluding carboxylic acids is 1. The molecule has 1 aliphatic rings. The molecule has 3 rings (SSSR count). The molecule has 28 heavy (non-hydrogen) atoms. The van der Waals surface area contributed by atoms with Gasteiger partial charge < -0.3 is 10.2 Å². The molecule has 1 saturated heterocycles. The summed E-state index contributed by atoms with van der Waals surface area (Å²) in [6, 6.07) is 13.0. The van der Waals surface area contributed by atoms with Crippen molar-refractivity contribution in [2.75, 3.05) is 49.9 Å². The van der Waals surface area contributed by atoms with E-state index in [1.165, 1.54) is 16.8 Å². The molecular weight excluding hydrogens is 368 g/mol. The first-order valence-corrected chi connectivity index (χ1v) is 10.4. The second-order valence-corrected chi connectivity index (χ2v) is 7.37. The number of hydrogen-bond donors (Lipinski definition) is 2. The highest BCUT2D eigenvalue weighted by molar-refractivity contribution is 7.81. The molecule has 0 atom stereocenters. The second-order valence-electron chi connectivity index (χ2n) is 7.06. The zero-order valence-electron chi connectivity index (χ0n) is 16.4. The van der Waals surface area contributed by atoms with Crippen LogP contribution in [-0.2, 0) is 11.8 Å². The molecule has 0 radical (unpaired) electrons. The third kappa shape index (κ3) is 6.11. The van der Waals surface area contributed by atoms with Crippen LogP contribution in [0.5, 0.6) is 0 Å². The van der Waals surface area contributed by atoms with E-state index in [-0.39, 0.29) is 11.7 Å². The normalized spacial score (nSPS) is 15.1. The molecular formula is C22H29N4OS+. The number of aromatic nitrogens is 1. The van der Waals surface area contributed by atoms with E-state index in [4.69, 9.17) is 0 Å². The minimum Gasteiger partial charge on any atom is -0.369 e. The smallest absolute Gasteiger partial charge is 0.229 e. The number of pyridine rings is 1. The summed E-state index contributed by atoms with van der Waals surface area (Å²) in [7, 11) is 2.02.